The Morgan fingerprint density at radius 1 is 1.10 bits per heavy atom. The van der Waals surface area contributed by atoms with E-state index < -0.39 is 0 Å². The van der Waals surface area contributed by atoms with Gasteiger partial charge in [0.15, 0.2) is 0 Å². The quantitative estimate of drug-likeness (QED) is 0.861. The molecule has 0 atom stereocenters. The van der Waals surface area contributed by atoms with Crippen molar-refractivity contribution in [3.05, 3.63) is 58.1 Å². The summed E-state index contributed by atoms with van der Waals surface area (Å²) < 4.78 is 0. The molecule has 2 aromatic rings. The number of anilines is 2. The molecule has 2 aromatic carbocycles. The molecule has 5 heteroatoms. The van der Waals surface area contributed by atoms with Crippen molar-refractivity contribution in [2.24, 2.45) is 0 Å². The van der Waals surface area contributed by atoms with Gasteiger partial charge in [0.1, 0.15) is 0 Å². The Hall–Kier alpha value is -1.71. The Balaban J connectivity index is 2.26. The molecule has 1 amide bonds. The lowest BCUT2D eigenvalue weighted by molar-refractivity contribution is 0.102. The van der Waals surface area contributed by atoms with Crippen LogP contribution in [-0.4, -0.2) is 12.5 Å². The molecule has 0 radical (unpaired) electrons. The van der Waals surface area contributed by atoms with Gasteiger partial charge in [-0.1, -0.05) is 35.3 Å². The largest absolute Gasteiger partial charge is 0.385 e. The number of hydrogen-bond acceptors (Lipinski definition) is 2. The summed E-state index contributed by atoms with van der Waals surface area (Å²) in [5, 5.41) is 6.89. The summed E-state index contributed by atoms with van der Waals surface area (Å²) >= 11 is 11.9. The second-order valence-electron chi connectivity index (χ2n) is 4.15. The van der Waals surface area contributed by atoms with Crippen molar-refractivity contribution >= 4 is 40.5 Å². The van der Waals surface area contributed by atoms with Crippen molar-refractivity contribution in [1.82, 2.24) is 0 Å². The van der Waals surface area contributed by atoms with Crippen molar-refractivity contribution in [3.63, 3.8) is 0 Å². The van der Waals surface area contributed by atoms with Crippen LogP contribution in [0.4, 0.5) is 11.4 Å². The number of rotatable bonds is 4. The number of hydrogen-bond donors (Lipinski definition) is 2. The third-order valence-corrected chi connectivity index (χ3v) is 3.28. The first-order chi connectivity index (χ1) is 9.61. The third kappa shape index (κ3) is 3.44. The number of halogens is 2. The summed E-state index contributed by atoms with van der Waals surface area (Å²) in [6.07, 6.45) is 0. The van der Waals surface area contributed by atoms with Gasteiger partial charge in [0, 0.05) is 17.3 Å². The van der Waals surface area contributed by atoms with Crippen LogP contribution in [0.5, 0.6) is 0 Å². The number of carbonyl (C=O) groups excluding carboxylic acids is 1. The summed E-state index contributed by atoms with van der Waals surface area (Å²) in [5.74, 6) is -0.231. The summed E-state index contributed by atoms with van der Waals surface area (Å²) in [4.78, 5) is 12.3. The normalized spacial score (nSPS) is 10.2. The molecule has 0 fully saturated rings. The monoisotopic (exact) mass is 308 g/mol. The molecule has 0 saturated heterocycles. The molecule has 0 aliphatic heterocycles. The minimum absolute atomic E-state index is 0.231. The zero-order valence-corrected chi connectivity index (χ0v) is 12.4. The van der Waals surface area contributed by atoms with Gasteiger partial charge in [-0.15, -0.1) is 0 Å². The molecule has 0 aliphatic carbocycles. The Morgan fingerprint density at radius 3 is 2.60 bits per heavy atom. The van der Waals surface area contributed by atoms with Gasteiger partial charge in [0.2, 0.25) is 0 Å². The first-order valence-electron chi connectivity index (χ1n) is 6.21. The van der Waals surface area contributed by atoms with Crippen LogP contribution in [0.2, 0.25) is 10.0 Å². The minimum Gasteiger partial charge on any atom is -0.385 e. The lowest BCUT2D eigenvalue weighted by Crippen LogP contribution is -2.15. The second-order valence-corrected chi connectivity index (χ2v) is 5.00. The highest BCUT2D eigenvalue weighted by molar-refractivity contribution is 6.36. The molecule has 0 saturated carbocycles. The Labute approximate surface area is 127 Å². The summed E-state index contributed by atoms with van der Waals surface area (Å²) in [7, 11) is 0. The van der Waals surface area contributed by atoms with Gasteiger partial charge >= 0.3 is 0 Å². The van der Waals surface area contributed by atoms with E-state index in [-0.39, 0.29) is 5.91 Å². The van der Waals surface area contributed by atoms with E-state index in [1.807, 2.05) is 25.1 Å². The Morgan fingerprint density at radius 2 is 1.85 bits per heavy atom. The number of nitrogens with one attached hydrogen (secondary N) is 2. The topological polar surface area (TPSA) is 41.1 Å². The van der Waals surface area contributed by atoms with Crippen LogP contribution in [0.25, 0.3) is 0 Å². The molecule has 0 heterocycles. The lowest BCUT2D eigenvalue weighted by atomic mass is 10.1. The van der Waals surface area contributed by atoms with Gasteiger partial charge in [0.25, 0.3) is 5.91 Å². The van der Waals surface area contributed by atoms with E-state index in [4.69, 9.17) is 23.2 Å². The zero-order chi connectivity index (χ0) is 14.5. The molecule has 104 valence electrons. The molecule has 0 unspecified atom stereocenters. The van der Waals surface area contributed by atoms with Crippen LogP contribution >= 0.6 is 23.2 Å². The van der Waals surface area contributed by atoms with E-state index in [1.165, 1.54) is 0 Å². The first kappa shape index (κ1) is 14.7. The van der Waals surface area contributed by atoms with Gasteiger partial charge < -0.3 is 10.6 Å². The van der Waals surface area contributed by atoms with Crippen LogP contribution in [0.1, 0.15) is 17.3 Å². The maximum Gasteiger partial charge on any atom is 0.257 e. The van der Waals surface area contributed by atoms with Gasteiger partial charge in [-0.2, -0.15) is 0 Å². The van der Waals surface area contributed by atoms with Crippen molar-refractivity contribution in [3.8, 4) is 0 Å². The molecule has 20 heavy (non-hydrogen) atoms. The first-order valence-corrected chi connectivity index (χ1v) is 6.96. The van der Waals surface area contributed by atoms with E-state index in [2.05, 4.69) is 10.6 Å². The SMILES string of the molecule is CCNc1ccccc1C(=O)Nc1cc(Cl)ccc1Cl. The standard InChI is InChI=1S/C15H14Cl2N2O/c1-2-18-13-6-4-3-5-11(13)15(20)19-14-9-10(16)7-8-12(14)17/h3-9,18H,2H2,1H3,(H,19,20). The molecule has 0 bridgehead atoms. The van der Waals surface area contributed by atoms with E-state index in [0.29, 0.717) is 21.3 Å². The molecule has 0 aromatic heterocycles. The molecule has 0 aliphatic rings. The predicted molar refractivity (Wildman–Crippen MR) is 85.0 cm³/mol. The van der Waals surface area contributed by atoms with E-state index >= 15 is 0 Å². The predicted octanol–water partition coefficient (Wildman–Crippen LogP) is 4.68. The summed E-state index contributed by atoms with van der Waals surface area (Å²) in [6.45, 7) is 2.71. The fourth-order valence-electron chi connectivity index (χ4n) is 1.81. The zero-order valence-electron chi connectivity index (χ0n) is 10.9. The van der Waals surface area contributed by atoms with E-state index in [0.717, 1.165) is 12.2 Å². The second kappa shape index (κ2) is 6.64. The summed E-state index contributed by atoms with van der Waals surface area (Å²) in [6, 6.07) is 12.2. The number of carbonyl (C=O) groups is 1. The molecule has 2 rings (SSSR count). The number of amides is 1. The molecule has 0 spiro atoms. The van der Waals surface area contributed by atoms with E-state index in [1.54, 1.807) is 24.3 Å². The van der Waals surface area contributed by atoms with Gasteiger partial charge in [-0.25, -0.2) is 0 Å². The third-order valence-electron chi connectivity index (χ3n) is 2.72. The Bertz CT molecular complexity index is 629. The smallest absolute Gasteiger partial charge is 0.257 e. The van der Waals surface area contributed by atoms with Crippen LogP contribution in [0, 0.1) is 0 Å². The fraction of sp³-hybridized carbons (Fsp3) is 0.133. The van der Waals surface area contributed by atoms with Crippen molar-refractivity contribution in [1.29, 1.82) is 0 Å². The maximum atomic E-state index is 12.3. The molecular weight excluding hydrogens is 295 g/mol. The van der Waals surface area contributed by atoms with Crippen molar-refractivity contribution < 1.29 is 4.79 Å². The van der Waals surface area contributed by atoms with E-state index in [9.17, 15) is 4.79 Å². The summed E-state index contributed by atoms with van der Waals surface area (Å²) in [5.41, 5.74) is 1.84. The molecular formula is C15H14Cl2N2O. The lowest BCUT2D eigenvalue weighted by Gasteiger charge is -2.12. The van der Waals surface area contributed by atoms with Gasteiger partial charge in [-0.05, 0) is 37.3 Å². The molecule has 3 nitrogen and oxygen atoms in total. The van der Waals surface area contributed by atoms with Crippen LogP contribution in [-0.2, 0) is 0 Å². The molecule has 2 N–H and O–H groups in total. The van der Waals surface area contributed by atoms with Crippen molar-refractivity contribution in [2.45, 2.75) is 6.92 Å². The van der Waals surface area contributed by atoms with Crippen molar-refractivity contribution in [2.75, 3.05) is 17.2 Å². The average Bonchev–Trinajstić information content (AvgIpc) is 2.44. The van der Waals surface area contributed by atoms with Crippen LogP contribution in [0.15, 0.2) is 42.5 Å². The fourth-order valence-corrected chi connectivity index (χ4v) is 2.15. The highest BCUT2D eigenvalue weighted by atomic mass is 35.5. The average molecular weight is 309 g/mol. The number of para-hydroxylation sites is 1. The minimum atomic E-state index is -0.231. The maximum absolute atomic E-state index is 12.3. The van der Waals surface area contributed by atoms with Gasteiger partial charge in [-0.3, -0.25) is 4.79 Å². The Kier molecular flexibility index (Phi) is 4.88. The van der Waals surface area contributed by atoms with Gasteiger partial charge in [0.05, 0.1) is 16.3 Å². The highest BCUT2D eigenvalue weighted by Crippen LogP contribution is 2.26. The van der Waals surface area contributed by atoms with Crippen LogP contribution in [0.3, 0.4) is 0 Å². The van der Waals surface area contributed by atoms with Crippen LogP contribution < -0.4 is 10.6 Å². The highest BCUT2D eigenvalue weighted by Gasteiger charge is 2.12. The number of benzene rings is 2.